The Morgan fingerprint density at radius 3 is 2.59 bits per heavy atom. The van der Waals surface area contributed by atoms with Crippen molar-refractivity contribution in [1.29, 1.82) is 0 Å². The van der Waals surface area contributed by atoms with Gasteiger partial charge in [0.2, 0.25) is 5.78 Å². The van der Waals surface area contributed by atoms with Gasteiger partial charge in [0.15, 0.2) is 0 Å². The monoisotopic (exact) mass is 236 g/mol. The molecule has 1 rings (SSSR count). The third-order valence-corrected chi connectivity index (χ3v) is 1.79. The molecule has 0 radical (unpaired) electrons. The van der Waals surface area contributed by atoms with E-state index in [0.717, 1.165) is 6.08 Å². The molecule has 0 fully saturated rings. The molecule has 4 heteroatoms. The number of hydrogen-bond acceptors (Lipinski definition) is 2. The zero-order valence-electron chi connectivity index (χ0n) is 10.3. The number of ketones is 1. The highest BCUT2D eigenvalue weighted by atomic mass is 19.1. The van der Waals surface area contributed by atoms with Crippen molar-refractivity contribution in [3.8, 4) is 0 Å². The van der Waals surface area contributed by atoms with Crippen molar-refractivity contribution in [1.82, 2.24) is 9.97 Å². The van der Waals surface area contributed by atoms with E-state index in [-0.39, 0.29) is 11.4 Å². The summed E-state index contributed by atoms with van der Waals surface area (Å²) in [5, 5.41) is 0. The number of aromatic nitrogens is 2. The average Bonchev–Trinajstić information content (AvgIpc) is 2.91. The van der Waals surface area contributed by atoms with Crippen LogP contribution in [-0.4, -0.2) is 15.8 Å². The lowest BCUT2D eigenvalue weighted by Gasteiger charge is -1.97. The fourth-order valence-electron chi connectivity index (χ4n) is 0.985. The Labute approximate surface area is 101 Å². The smallest absolute Gasteiger partial charge is 0.210 e. The van der Waals surface area contributed by atoms with Gasteiger partial charge < -0.3 is 4.98 Å². The first-order valence-electron chi connectivity index (χ1n) is 5.38. The van der Waals surface area contributed by atoms with E-state index in [1.54, 1.807) is 6.92 Å². The van der Waals surface area contributed by atoms with Crippen molar-refractivity contribution in [3.63, 3.8) is 0 Å². The zero-order valence-corrected chi connectivity index (χ0v) is 10.3. The fourth-order valence-corrected chi connectivity index (χ4v) is 0.985. The van der Waals surface area contributed by atoms with E-state index in [1.165, 1.54) is 24.7 Å². The Balaban J connectivity index is 0.00000121. The van der Waals surface area contributed by atoms with Crippen LogP contribution in [0, 0.1) is 0 Å². The maximum absolute atomic E-state index is 12.9. The van der Waals surface area contributed by atoms with E-state index >= 15 is 0 Å². The number of imidazole rings is 1. The molecule has 0 aliphatic rings. The third kappa shape index (κ3) is 4.59. The molecular weight excluding hydrogens is 219 g/mol. The summed E-state index contributed by atoms with van der Waals surface area (Å²) in [6.45, 7) is 9.01. The van der Waals surface area contributed by atoms with Crippen LogP contribution in [0.15, 0.2) is 48.7 Å². The molecule has 17 heavy (non-hydrogen) atoms. The van der Waals surface area contributed by atoms with Crippen LogP contribution >= 0.6 is 0 Å². The summed E-state index contributed by atoms with van der Waals surface area (Å²) in [5.41, 5.74) is 0.500. The SMILES string of the molecule is C=C/C(=C\C(F)=C/C)C(=O)c1cnc[nH]1.CC. The van der Waals surface area contributed by atoms with Gasteiger partial charge >= 0.3 is 0 Å². The number of hydrogen-bond donors (Lipinski definition) is 1. The summed E-state index contributed by atoms with van der Waals surface area (Å²) >= 11 is 0. The van der Waals surface area contributed by atoms with E-state index in [4.69, 9.17) is 0 Å². The molecule has 0 spiro atoms. The van der Waals surface area contributed by atoms with Crippen LogP contribution in [0.2, 0.25) is 0 Å². The molecular formula is C13H17FN2O. The Morgan fingerprint density at radius 2 is 2.18 bits per heavy atom. The van der Waals surface area contributed by atoms with Crippen LogP contribution in [-0.2, 0) is 0 Å². The largest absolute Gasteiger partial charge is 0.342 e. The lowest BCUT2D eigenvalue weighted by Crippen LogP contribution is -2.01. The maximum atomic E-state index is 12.9. The van der Waals surface area contributed by atoms with Gasteiger partial charge in [-0.3, -0.25) is 4.79 Å². The molecule has 1 aromatic heterocycles. The Bertz CT molecular complexity index is 417. The molecule has 1 N–H and O–H groups in total. The van der Waals surface area contributed by atoms with Crippen molar-refractivity contribution < 1.29 is 9.18 Å². The normalized spacial score (nSPS) is 11.5. The van der Waals surface area contributed by atoms with Gasteiger partial charge in [0.05, 0.1) is 12.5 Å². The Kier molecular flexibility index (Phi) is 7.26. The Hall–Kier alpha value is -1.97. The van der Waals surface area contributed by atoms with Crippen LogP contribution in [0.25, 0.3) is 0 Å². The minimum atomic E-state index is -0.474. The number of carbonyl (C=O) groups excluding carboxylic acids is 1. The highest BCUT2D eigenvalue weighted by molar-refractivity contribution is 6.09. The van der Waals surface area contributed by atoms with Gasteiger partial charge in [-0.05, 0) is 13.0 Å². The second-order valence-corrected chi connectivity index (χ2v) is 2.77. The van der Waals surface area contributed by atoms with Gasteiger partial charge in [-0.25, -0.2) is 9.37 Å². The summed E-state index contributed by atoms with van der Waals surface area (Å²) in [6, 6.07) is 0. The molecule has 0 atom stereocenters. The number of rotatable bonds is 4. The summed E-state index contributed by atoms with van der Waals surface area (Å²) in [6.07, 6.45) is 6.49. The van der Waals surface area contributed by atoms with Gasteiger partial charge in [-0.2, -0.15) is 0 Å². The van der Waals surface area contributed by atoms with Gasteiger partial charge in [0.25, 0.3) is 0 Å². The van der Waals surface area contributed by atoms with Crippen molar-refractivity contribution in [3.05, 3.63) is 54.4 Å². The number of allylic oxidation sites excluding steroid dienone is 5. The predicted octanol–water partition coefficient (Wildman–Crippen LogP) is 3.60. The average molecular weight is 236 g/mol. The number of nitrogens with zero attached hydrogens (tertiary/aromatic N) is 1. The molecule has 0 aliphatic carbocycles. The Morgan fingerprint density at radius 1 is 1.53 bits per heavy atom. The van der Waals surface area contributed by atoms with Crippen LogP contribution < -0.4 is 0 Å². The second kappa shape index (κ2) is 8.21. The molecule has 1 heterocycles. The molecule has 0 unspecified atom stereocenters. The third-order valence-electron chi connectivity index (χ3n) is 1.79. The van der Waals surface area contributed by atoms with Gasteiger partial charge in [-0.1, -0.05) is 32.6 Å². The second-order valence-electron chi connectivity index (χ2n) is 2.77. The van der Waals surface area contributed by atoms with E-state index in [9.17, 15) is 9.18 Å². The van der Waals surface area contributed by atoms with Crippen molar-refractivity contribution in [2.24, 2.45) is 0 Å². The van der Waals surface area contributed by atoms with Gasteiger partial charge in [0.1, 0.15) is 11.5 Å². The van der Waals surface area contributed by atoms with Crippen LogP contribution in [0.5, 0.6) is 0 Å². The minimum absolute atomic E-state index is 0.190. The molecule has 0 saturated heterocycles. The van der Waals surface area contributed by atoms with Crippen molar-refractivity contribution in [2.45, 2.75) is 20.8 Å². The van der Waals surface area contributed by atoms with E-state index in [0.29, 0.717) is 5.69 Å². The molecule has 3 nitrogen and oxygen atoms in total. The summed E-state index contributed by atoms with van der Waals surface area (Å²) in [4.78, 5) is 18.0. The summed E-state index contributed by atoms with van der Waals surface area (Å²) < 4.78 is 12.9. The molecule has 0 bridgehead atoms. The molecule has 0 aromatic carbocycles. The quantitative estimate of drug-likeness (QED) is 0.493. The summed E-state index contributed by atoms with van der Waals surface area (Å²) in [5.74, 6) is -0.808. The number of carbonyl (C=O) groups is 1. The summed E-state index contributed by atoms with van der Waals surface area (Å²) in [7, 11) is 0. The molecule has 1 aromatic rings. The molecule has 0 saturated carbocycles. The number of nitrogens with one attached hydrogen (secondary N) is 1. The van der Waals surface area contributed by atoms with E-state index < -0.39 is 5.83 Å². The first kappa shape index (κ1) is 15.0. The molecule has 92 valence electrons. The number of H-pyrrole nitrogens is 1. The fraction of sp³-hybridized carbons (Fsp3) is 0.231. The van der Waals surface area contributed by atoms with Crippen LogP contribution in [0.1, 0.15) is 31.3 Å². The van der Waals surface area contributed by atoms with Crippen molar-refractivity contribution >= 4 is 5.78 Å². The molecule has 0 aliphatic heterocycles. The van der Waals surface area contributed by atoms with Crippen molar-refractivity contribution in [2.75, 3.05) is 0 Å². The number of aromatic amines is 1. The van der Waals surface area contributed by atoms with E-state index in [2.05, 4.69) is 16.5 Å². The lowest BCUT2D eigenvalue weighted by molar-refractivity contribution is 0.103. The first-order chi connectivity index (χ1) is 8.19. The topological polar surface area (TPSA) is 45.8 Å². The van der Waals surface area contributed by atoms with Gasteiger partial charge in [0, 0.05) is 5.57 Å². The van der Waals surface area contributed by atoms with E-state index in [1.807, 2.05) is 13.8 Å². The highest BCUT2D eigenvalue weighted by Crippen LogP contribution is 2.10. The first-order valence-corrected chi connectivity index (χ1v) is 5.38. The molecule has 0 amide bonds. The number of Topliss-reactive ketones (excluding diaryl/α,β-unsaturated/α-hetero) is 1. The highest BCUT2D eigenvalue weighted by Gasteiger charge is 2.10. The van der Waals surface area contributed by atoms with Crippen LogP contribution in [0.3, 0.4) is 0 Å². The lowest BCUT2D eigenvalue weighted by atomic mass is 10.1. The zero-order chi connectivity index (χ0) is 13.3. The maximum Gasteiger partial charge on any atom is 0.210 e. The minimum Gasteiger partial charge on any atom is -0.342 e. The standard InChI is InChI=1S/C11H11FN2O.C2H6/c1-3-8(5-9(12)4-2)11(15)10-6-13-7-14-10;1-2/h3-7H,1H2,2H3,(H,13,14);1-2H3/b8-5+,9-4+;. The van der Waals surface area contributed by atoms with Crippen LogP contribution in [0.4, 0.5) is 4.39 Å². The predicted molar refractivity (Wildman–Crippen MR) is 67.4 cm³/mol. The number of halogens is 1. The van der Waals surface area contributed by atoms with Gasteiger partial charge in [-0.15, -0.1) is 0 Å².